The largest absolute Gasteiger partial charge is 0.256 e. The van der Waals surface area contributed by atoms with Gasteiger partial charge in [-0.05, 0) is 30.0 Å². The molecule has 0 aliphatic rings. The van der Waals surface area contributed by atoms with E-state index in [1.54, 1.807) is 0 Å². The lowest BCUT2D eigenvalue weighted by molar-refractivity contribution is 0.589. The molecule has 0 atom stereocenters. The Labute approximate surface area is 104 Å². The zero-order chi connectivity index (χ0) is 12.5. The van der Waals surface area contributed by atoms with Gasteiger partial charge in [-0.25, -0.2) is 0 Å². The van der Waals surface area contributed by atoms with Crippen molar-refractivity contribution in [3.8, 4) is 11.3 Å². The second-order valence-electron chi connectivity index (χ2n) is 5.52. The van der Waals surface area contributed by atoms with Crippen LogP contribution in [0.2, 0.25) is 0 Å². The molecule has 0 radical (unpaired) electrons. The molecule has 0 saturated carbocycles. The van der Waals surface area contributed by atoms with Gasteiger partial charge < -0.3 is 0 Å². The molecule has 1 aromatic heterocycles. The topological polar surface area (TPSA) is 12.9 Å². The highest BCUT2D eigenvalue weighted by Gasteiger charge is 2.19. The van der Waals surface area contributed by atoms with Gasteiger partial charge in [0.2, 0.25) is 0 Å². The minimum absolute atomic E-state index is 0.118. The number of aryl methyl sites for hydroxylation is 1. The Morgan fingerprint density at radius 3 is 2.41 bits per heavy atom. The molecule has 1 heterocycles. The molecular weight excluding hydrogens is 206 g/mol. The van der Waals surface area contributed by atoms with Crippen molar-refractivity contribution >= 4 is 0 Å². The average Bonchev–Trinajstić information content (AvgIpc) is 2.28. The van der Waals surface area contributed by atoms with Gasteiger partial charge in [0.05, 0.1) is 5.69 Å². The molecule has 1 heteroatoms. The molecule has 0 N–H and O–H groups in total. The van der Waals surface area contributed by atoms with Crippen molar-refractivity contribution in [3.05, 3.63) is 53.7 Å². The van der Waals surface area contributed by atoms with Gasteiger partial charge in [-0.1, -0.05) is 50.6 Å². The first-order chi connectivity index (χ1) is 7.98. The predicted octanol–water partition coefficient (Wildman–Crippen LogP) is 4.35. The summed E-state index contributed by atoms with van der Waals surface area (Å²) >= 11 is 0. The Morgan fingerprint density at radius 2 is 1.76 bits per heavy atom. The first-order valence-electron chi connectivity index (χ1n) is 6.01. The van der Waals surface area contributed by atoms with E-state index < -0.39 is 0 Å². The average molecular weight is 225 g/mol. The molecule has 17 heavy (non-hydrogen) atoms. The van der Waals surface area contributed by atoms with Gasteiger partial charge in [0.1, 0.15) is 0 Å². The SMILES string of the molecule is Cc1cccc(-c2ncccc2C(C)(C)C)c1. The highest BCUT2D eigenvalue weighted by molar-refractivity contribution is 5.65. The number of hydrogen-bond donors (Lipinski definition) is 0. The Morgan fingerprint density at radius 1 is 1.00 bits per heavy atom. The van der Waals surface area contributed by atoms with Gasteiger partial charge in [-0.3, -0.25) is 4.98 Å². The van der Waals surface area contributed by atoms with E-state index in [4.69, 9.17) is 0 Å². The van der Waals surface area contributed by atoms with Crippen molar-refractivity contribution < 1.29 is 0 Å². The molecule has 0 aliphatic heterocycles. The van der Waals surface area contributed by atoms with Gasteiger partial charge in [0.15, 0.2) is 0 Å². The molecule has 0 unspecified atom stereocenters. The van der Waals surface area contributed by atoms with Crippen LogP contribution < -0.4 is 0 Å². The van der Waals surface area contributed by atoms with Crippen LogP contribution in [0.5, 0.6) is 0 Å². The number of aromatic nitrogens is 1. The van der Waals surface area contributed by atoms with E-state index in [0.29, 0.717) is 0 Å². The summed E-state index contributed by atoms with van der Waals surface area (Å²) in [5.74, 6) is 0. The number of nitrogens with zero attached hydrogens (tertiary/aromatic N) is 1. The molecular formula is C16H19N. The second-order valence-corrected chi connectivity index (χ2v) is 5.52. The number of hydrogen-bond acceptors (Lipinski definition) is 1. The van der Waals surface area contributed by atoms with E-state index in [-0.39, 0.29) is 5.41 Å². The lowest BCUT2D eigenvalue weighted by atomic mass is 9.84. The molecule has 1 nitrogen and oxygen atoms in total. The summed E-state index contributed by atoms with van der Waals surface area (Å²) in [6.07, 6.45) is 1.87. The van der Waals surface area contributed by atoms with Crippen molar-refractivity contribution in [2.75, 3.05) is 0 Å². The number of rotatable bonds is 1. The fourth-order valence-electron chi connectivity index (χ4n) is 2.03. The number of pyridine rings is 1. The molecule has 0 spiro atoms. The van der Waals surface area contributed by atoms with Gasteiger partial charge >= 0.3 is 0 Å². The Hall–Kier alpha value is -1.63. The Kier molecular flexibility index (Phi) is 3.01. The summed E-state index contributed by atoms with van der Waals surface area (Å²) in [6, 6.07) is 12.7. The quantitative estimate of drug-likeness (QED) is 0.703. The normalized spacial score (nSPS) is 11.5. The maximum atomic E-state index is 4.56. The molecule has 0 bridgehead atoms. The second kappa shape index (κ2) is 4.33. The molecule has 88 valence electrons. The molecule has 2 aromatic rings. The van der Waals surface area contributed by atoms with E-state index >= 15 is 0 Å². The lowest BCUT2D eigenvalue weighted by Gasteiger charge is -2.22. The van der Waals surface area contributed by atoms with Gasteiger partial charge in [-0.2, -0.15) is 0 Å². The van der Waals surface area contributed by atoms with Crippen LogP contribution in [0.3, 0.4) is 0 Å². The summed E-state index contributed by atoms with van der Waals surface area (Å²) < 4.78 is 0. The molecule has 0 aliphatic carbocycles. The minimum Gasteiger partial charge on any atom is -0.256 e. The third-order valence-electron chi connectivity index (χ3n) is 2.91. The molecule has 2 rings (SSSR count). The van der Waals surface area contributed by atoms with Crippen LogP contribution in [0.1, 0.15) is 31.9 Å². The van der Waals surface area contributed by atoms with E-state index in [1.165, 1.54) is 16.7 Å². The third-order valence-corrected chi connectivity index (χ3v) is 2.91. The Bertz CT molecular complexity index is 521. The maximum absolute atomic E-state index is 4.56. The molecule has 0 saturated heterocycles. The molecule has 0 fully saturated rings. The lowest BCUT2D eigenvalue weighted by Crippen LogP contribution is -2.13. The Balaban J connectivity index is 2.60. The van der Waals surface area contributed by atoms with E-state index in [1.807, 2.05) is 12.3 Å². The molecule has 0 amide bonds. The van der Waals surface area contributed by atoms with E-state index in [0.717, 1.165) is 5.69 Å². The summed E-state index contributed by atoms with van der Waals surface area (Å²) in [5.41, 5.74) is 4.99. The van der Waals surface area contributed by atoms with E-state index in [2.05, 4.69) is 63.0 Å². The summed E-state index contributed by atoms with van der Waals surface area (Å²) in [5, 5.41) is 0. The monoisotopic (exact) mass is 225 g/mol. The fraction of sp³-hybridized carbons (Fsp3) is 0.312. The first-order valence-corrected chi connectivity index (χ1v) is 6.01. The van der Waals surface area contributed by atoms with Crippen LogP contribution in [0.15, 0.2) is 42.6 Å². The molecule has 1 aromatic carbocycles. The van der Waals surface area contributed by atoms with E-state index in [9.17, 15) is 0 Å². The summed E-state index contributed by atoms with van der Waals surface area (Å²) in [7, 11) is 0. The predicted molar refractivity (Wildman–Crippen MR) is 73.1 cm³/mol. The van der Waals surface area contributed by atoms with Crippen LogP contribution in [0.4, 0.5) is 0 Å². The minimum atomic E-state index is 0.118. The zero-order valence-corrected chi connectivity index (χ0v) is 11.0. The smallest absolute Gasteiger partial charge is 0.0739 e. The zero-order valence-electron chi connectivity index (χ0n) is 11.0. The van der Waals surface area contributed by atoms with Crippen LogP contribution >= 0.6 is 0 Å². The summed E-state index contributed by atoms with van der Waals surface area (Å²) in [6.45, 7) is 8.79. The van der Waals surface area contributed by atoms with Gasteiger partial charge in [0, 0.05) is 11.8 Å². The van der Waals surface area contributed by atoms with Crippen molar-refractivity contribution in [1.29, 1.82) is 0 Å². The standard InChI is InChI=1S/C16H19N/c1-12-7-5-8-13(11-12)15-14(16(2,3)4)9-6-10-17-15/h5-11H,1-4H3. The van der Waals surface area contributed by atoms with Crippen LogP contribution in [0.25, 0.3) is 11.3 Å². The summed E-state index contributed by atoms with van der Waals surface area (Å²) in [4.78, 5) is 4.56. The first kappa shape index (κ1) is 11.8. The van der Waals surface area contributed by atoms with Crippen molar-refractivity contribution in [2.45, 2.75) is 33.1 Å². The highest BCUT2D eigenvalue weighted by Crippen LogP contribution is 2.31. The van der Waals surface area contributed by atoms with Crippen LogP contribution in [-0.4, -0.2) is 4.98 Å². The third kappa shape index (κ3) is 2.55. The maximum Gasteiger partial charge on any atom is 0.0739 e. The fourth-order valence-corrected chi connectivity index (χ4v) is 2.03. The van der Waals surface area contributed by atoms with Crippen LogP contribution in [0, 0.1) is 6.92 Å². The van der Waals surface area contributed by atoms with Crippen LogP contribution in [-0.2, 0) is 5.41 Å². The number of benzene rings is 1. The van der Waals surface area contributed by atoms with Crippen molar-refractivity contribution in [1.82, 2.24) is 4.98 Å². The van der Waals surface area contributed by atoms with Crippen molar-refractivity contribution in [2.24, 2.45) is 0 Å². The van der Waals surface area contributed by atoms with Gasteiger partial charge in [0.25, 0.3) is 0 Å². The van der Waals surface area contributed by atoms with Crippen molar-refractivity contribution in [3.63, 3.8) is 0 Å². The van der Waals surface area contributed by atoms with Gasteiger partial charge in [-0.15, -0.1) is 0 Å². The highest BCUT2D eigenvalue weighted by atomic mass is 14.7.